The molecule has 1 unspecified atom stereocenters. The molecule has 0 amide bonds. The van der Waals surface area contributed by atoms with Gasteiger partial charge in [0, 0.05) is 37.7 Å². The van der Waals surface area contributed by atoms with E-state index < -0.39 is 0 Å². The van der Waals surface area contributed by atoms with Gasteiger partial charge in [0.05, 0.1) is 0 Å². The molecule has 0 aliphatic carbocycles. The van der Waals surface area contributed by atoms with Crippen LogP contribution in [0.2, 0.25) is 0 Å². The molecule has 0 saturated heterocycles. The van der Waals surface area contributed by atoms with Gasteiger partial charge in [-0.2, -0.15) is 0 Å². The monoisotopic (exact) mass is 1300 g/mol. The largest absolute Gasteiger partial charge is 0.311 e. The number of anilines is 6. The molecule has 3 heteroatoms. The molecule has 0 saturated carbocycles. The maximum absolute atomic E-state index is 2.52. The Labute approximate surface area is 556 Å². The lowest BCUT2D eigenvalue weighted by molar-refractivity contribution is 0.414. The molecular weight excluding hydrogens is 1210 g/mol. The number of benzene rings is 12. The van der Waals surface area contributed by atoms with Gasteiger partial charge in [-0.3, -0.25) is 0 Å². The fourth-order valence-corrected chi connectivity index (χ4v) is 14.1. The summed E-state index contributed by atoms with van der Waals surface area (Å²) < 4.78 is 1.22. The van der Waals surface area contributed by atoms with Crippen LogP contribution in [0.3, 0.4) is 0 Å². The number of fused-ring (bicyclic) bond motifs is 2. The lowest BCUT2D eigenvalue weighted by atomic mass is 9.76. The van der Waals surface area contributed by atoms with E-state index in [0.717, 1.165) is 59.8 Å². The molecule has 0 N–H and O–H groups in total. The molecule has 0 heterocycles. The molecule has 0 bridgehead atoms. The minimum Gasteiger partial charge on any atom is -0.311 e. The van der Waals surface area contributed by atoms with E-state index in [4.69, 9.17) is 0 Å². The van der Waals surface area contributed by atoms with Crippen LogP contribution in [0.25, 0.3) is 77.2 Å². The van der Waals surface area contributed by atoms with E-state index in [1.54, 1.807) is 0 Å². The lowest BCUT2D eigenvalue weighted by Gasteiger charge is -2.30. The molecule has 12 aromatic carbocycles. The second-order valence-corrected chi connectivity index (χ2v) is 27.2. The summed E-state index contributed by atoms with van der Waals surface area (Å²) in [4.78, 5) is 4.81. The lowest BCUT2D eigenvalue weighted by Crippen LogP contribution is -2.20. The van der Waals surface area contributed by atoms with Crippen molar-refractivity contribution in [2.75, 3.05) is 9.80 Å². The number of hydrogen-bond donors (Lipinski definition) is 0. The Morgan fingerprint density at radius 1 is 0.308 bits per heavy atom. The van der Waals surface area contributed by atoms with Gasteiger partial charge in [0.15, 0.2) is 0 Å². The number of nitrogens with zero attached hydrogens (tertiary/aromatic N) is 2. The van der Waals surface area contributed by atoms with E-state index in [9.17, 15) is 0 Å². The fraction of sp³-hybridized carbons (Fsp3) is 0.227. The van der Waals surface area contributed by atoms with E-state index in [2.05, 4.69) is 348 Å². The Morgan fingerprint density at radius 2 is 0.692 bits per heavy atom. The standard InChI is InChI=1S/C88H87IN2/c1-8-12-13-14-15-18-23-63-28-54-81-79(68-33-46-75(47-34-68)90(77-50-37-70(38-51-77)87(5,6)10-3)73-42-29-66(30-43-73)64-24-19-16-20-25-64)56-58-83(85(81)61-63)84-59-57-80(82-55-41-72(89)62-86(82)84)69-35-48-76(49-36-69)91(74-44-31-67(32-45-74)65-26-21-17-22-27-65)78-52-39-71(40-53-78)88(7,11-4)60-9-2/h16-17,19-22,24-59,61-62H,8-15,18,23,60H2,1-7H3. The van der Waals surface area contributed by atoms with Crippen molar-refractivity contribution in [2.45, 2.75) is 130 Å². The summed E-state index contributed by atoms with van der Waals surface area (Å²) in [6.45, 7) is 16.3. The first-order valence-corrected chi connectivity index (χ1v) is 34.6. The Kier molecular flexibility index (Phi) is 19.5. The summed E-state index contributed by atoms with van der Waals surface area (Å²) in [6, 6.07) is 100. The van der Waals surface area contributed by atoms with Crippen molar-refractivity contribution >= 4 is 78.3 Å². The van der Waals surface area contributed by atoms with Gasteiger partial charge in [0.25, 0.3) is 0 Å². The van der Waals surface area contributed by atoms with Crippen molar-refractivity contribution < 1.29 is 0 Å². The third-order valence-corrected chi connectivity index (χ3v) is 20.4. The van der Waals surface area contributed by atoms with E-state index in [-0.39, 0.29) is 10.8 Å². The van der Waals surface area contributed by atoms with Gasteiger partial charge in [-0.05, 0) is 244 Å². The minimum atomic E-state index is 0.0974. The zero-order valence-corrected chi connectivity index (χ0v) is 56.6. The highest BCUT2D eigenvalue weighted by atomic mass is 127. The molecule has 91 heavy (non-hydrogen) atoms. The summed E-state index contributed by atoms with van der Waals surface area (Å²) in [7, 11) is 0. The smallest absolute Gasteiger partial charge is 0.0462 e. The predicted octanol–water partition coefficient (Wildman–Crippen LogP) is 26.9. The molecule has 0 aliphatic rings. The zero-order chi connectivity index (χ0) is 62.9. The average Bonchev–Trinajstić information content (AvgIpc) is 0.823. The first kappa shape index (κ1) is 62.7. The summed E-state index contributed by atoms with van der Waals surface area (Å²) in [5, 5.41) is 5.08. The molecule has 0 radical (unpaired) electrons. The number of aryl methyl sites for hydroxylation is 1. The topological polar surface area (TPSA) is 6.48 Å². The van der Waals surface area contributed by atoms with Crippen molar-refractivity contribution in [1.29, 1.82) is 0 Å². The molecule has 2 nitrogen and oxygen atoms in total. The fourth-order valence-electron chi connectivity index (χ4n) is 13.7. The minimum absolute atomic E-state index is 0.0974. The maximum atomic E-state index is 2.52. The van der Waals surface area contributed by atoms with Crippen LogP contribution in [0.15, 0.2) is 267 Å². The van der Waals surface area contributed by atoms with E-state index >= 15 is 0 Å². The second kappa shape index (κ2) is 28.3. The van der Waals surface area contributed by atoms with Crippen LogP contribution in [-0.2, 0) is 17.3 Å². The van der Waals surface area contributed by atoms with Gasteiger partial charge >= 0.3 is 0 Å². The SMILES string of the molecule is CCCCCCCCc1ccc2c(-c3ccc(N(c4ccc(-c5ccccc5)cc4)c4ccc(C(C)(C)CC)cc4)cc3)ccc(-c3ccc(-c4ccc(N(c5ccc(-c6ccccc6)cc5)c5ccc(C(C)(CC)CCC)cc5)cc4)c4ccc(I)cc34)c2c1. The van der Waals surface area contributed by atoms with E-state index in [1.165, 1.54) is 142 Å². The Hall–Kier alpha value is -8.51. The predicted molar refractivity (Wildman–Crippen MR) is 404 cm³/mol. The first-order chi connectivity index (χ1) is 44.4. The Balaban J connectivity index is 0.911. The van der Waals surface area contributed by atoms with Gasteiger partial charge in [0.1, 0.15) is 0 Å². The molecule has 0 fully saturated rings. The zero-order valence-electron chi connectivity index (χ0n) is 54.5. The molecule has 0 aliphatic heterocycles. The Morgan fingerprint density at radius 3 is 1.13 bits per heavy atom. The highest BCUT2D eigenvalue weighted by Crippen LogP contribution is 2.46. The van der Waals surface area contributed by atoms with Gasteiger partial charge in [0.2, 0.25) is 0 Å². The van der Waals surface area contributed by atoms with Crippen molar-refractivity contribution in [3.8, 4) is 55.6 Å². The molecule has 0 spiro atoms. The first-order valence-electron chi connectivity index (χ1n) is 33.6. The van der Waals surface area contributed by atoms with Crippen molar-refractivity contribution in [3.63, 3.8) is 0 Å². The van der Waals surface area contributed by atoms with Crippen LogP contribution < -0.4 is 9.80 Å². The highest BCUT2D eigenvalue weighted by molar-refractivity contribution is 14.1. The number of rotatable bonds is 24. The average molecular weight is 1300 g/mol. The van der Waals surface area contributed by atoms with Crippen LogP contribution in [0.5, 0.6) is 0 Å². The van der Waals surface area contributed by atoms with Crippen LogP contribution >= 0.6 is 22.6 Å². The number of halogens is 1. The molecule has 1 atom stereocenters. The summed E-state index contributed by atoms with van der Waals surface area (Å²) in [5.41, 5.74) is 23.4. The van der Waals surface area contributed by atoms with Crippen molar-refractivity contribution in [1.82, 2.24) is 0 Å². The maximum Gasteiger partial charge on any atom is 0.0462 e. The van der Waals surface area contributed by atoms with E-state index in [1.807, 2.05) is 0 Å². The van der Waals surface area contributed by atoms with Gasteiger partial charge in [-0.25, -0.2) is 0 Å². The Bertz CT molecular complexity index is 4360. The van der Waals surface area contributed by atoms with Crippen LogP contribution in [0, 0.1) is 3.57 Å². The van der Waals surface area contributed by atoms with Crippen LogP contribution in [0.1, 0.15) is 129 Å². The summed E-state index contributed by atoms with van der Waals surface area (Å²) in [5.74, 6) is 0. The van der Waals surface area contributed by atoms with Gasteiger partial charge < -0.3 is 9.80 Å². The van der Waals surface area contributed by atoms with Crippen molar-refractivity contribution in [2.24, 2.45) is 0 Å². The molecule has 456 valence electrons. The van der Waals surface area contributed by atoms with Crippen LogP contribution in [-0.4, -0.2) is 0 Å². The van der Waals surface area contributed by atoms with Crippen LogP contribution in [0.4, 0.5) is 34.1 Å². The van der Waals surface area contributed by atoms with E-state index in [0.29, 0.717) is 0 Å². The quantitative estimate of drug-likeness (QED) is 0.0439. The second-order valence-electron chi connectivity index (χ2n) is 26.0. The van der Waals surface area contributed by atoms with Crippen molar-refractivity contribution in [3.05, 3.63) is 287 Å². The van der Waals surface area contributed by atoms with Gasteiger partial charge in [-0.15, -0.1) is 0 Å². The molecule has 12 rings (SSSR count). The number of hydrogen-bond acceptors (Lipinski definition) is 2. The van der Waals surface area contributed by atoms with Gasteiger partial charge in [-0.1, -0.05) is 269 Å². The molecular formula is C88H87IN2. The molecule has 12 aromatic rings. The molecule has 0 aromatic heterocycles. The number of unbranched alkanes of at least 4 members (excludes halogenated alkanes) is 5. The normalized spacial score (nSPS) is 12.3. The third kappa shape index (κ3) is 13.8. The highest BCUT2D eigenvalue weighted by Gasteiger charge is 2.25. The summed E-state index contributed by atoms with van der Waals surface area (Å²) in [6.07, 6.45) is 13.3. The third-order valence-electron chi connectivity index (χ3n) is 19.7. The summed E-state index contributed by atoms with van der Waals surface area (Å²) >= 11 is 2.51.